The summed E-state index contributed by atoms with van der Waals surface area (Å²) in [5, 5.41) is 6.48. The van der Waals surface area contributed by atoms with E-state index in [1.165, 1.54) is 0 Å². The van der Waals surface area contributed by atoms with E-state index < -0.39 is 0 Å². The van der Waals surface area contributed by atoms with Crippen molar-refractivity contribution in [1.29, 1.82) is 0 Å². The normalized spacial score (nSPS) is 22.6. The molecule has 0 radical (unpaired) electrons. The molecule has 0 aliphatic carbocycles. The molecule has 2 aliphatic heterocycles. The molecule has 0 spiro atoms. The van der Waals surface area contributed by atoms with Gasteiger partial charge < -0.3 is 15.5 Å². The van der Waals surface area contributed by atoms with Crippen molar-refractivity contribution in [2.45, 2.75) is 31.7 Å². The van der Waals surface area contributed by atoms with E-state index in [1.54, 1.807) is 0 Å². The molecule has 2 heterocycles. The van der Waals surface area contributed by atoms with E-state index in [-0.39, 0.29) is 23.8 Å². The van der Waals surface area contributed by atoms with Crippen molar-refractivity contribution in [2.75, 3.05) is 26.2 Å². The standard InChI is InChI=1S/C18H25N3O2/c22-17(20-16-7-4-10-19-13-16)14-8-11-21(12-9-14)18(23)15-5-2-1-3-6-15/h1-3,5-6,14,16,19H,4,7-13H2,(H,20,22). The van der Waals surface area contributed by atoms with E-state index in [9.17, 15) is 9.59 Å². The van der Waals surface area contributed by atoms with Crippen molar-refractivity contribution in [2.24, 2.45) is 5.92 Å². The molecular formula is C18H25N3O2. The Morgan fingerprint density at radius 1 is 1.09 bits per heavy atom. The zero-order valence-corrected chi connectivity index (χ0v) is 13.5. The average Bonchev–Trinajstić information content (AvgIpc) is 2.63. The molecule has 1 aromatic carbocycles. The second kappa shape index (κ2) is 7.59. The molecule has 2 N–H and O–H groups in total. The number of nitrogens with one attached hydrogen (secondary N) is 2. The molecule has 2 amide bonds. The van der Waals surface area contributed by atoms with Crippen molar-refractivity contribution in [3.63, 3.8) is 0 Å². The molecule has 5 heteroatoms. The lowest BCUT2D eigenvalue weighted by Crippen LogP contribution is -2.49. The first-order valence-corrected chi connectivity index (χ1v) is 8.59. The summed E-state index contributed by atoms with van der Waals surface area (Å²) < 4.78 is 0. The van der Waals surface area contributed by atoms with Crippen LogP contribution in [0.3, 0.4) is 0 Å². The monoisotopic (exact) mass is 315 g/mol. The summed E-state index contributed by atoms with van der Waals surface area (Å²) in [4.78, 5) is 26.6. The zero-order valence-electron chi connectivity index (χ0n) is 13.5. The van der Waals surface area contributed by atoms with Gasteiger partial charge in [0, 0.05) is 37.2 Å². The molecule has 3 rings (SSSR count). The minimum absolute atomic E-state index is 0.0387. The molecule has 2 fully saturated rings. The highest BCUT2D eigenvalue weighted by Crippen LogP contribution is 2.20. The van der Waals surface area contributed by atoms with Crippen LogP contribution in [0.4, 0.5) is 0 Å². The summed E-state index contributed by atoms with van der Waals surface area (Å²) in [5.41, 5.74) is 0.726. The molecule has 5 nitrogen and oxygen atoms in total. The largest absolute Gasteiger partial charge is 0.352 e. The second-order valence-electron chi connectivity index (χ2n) is 6.48. The molecule has 1 aromatic rings. The minimum Gasteiger partial charge on any atom is -0.352 e. The molecule has 2 saturated heterocycles. The van der Waals surface area contributed by atoms with Gasteiger partial charge in [0.1, 0.15) is 0 Å². The first-order chi connectivity index (χ1) is 11.2. The smallest absolute Gasteiger partial charge is 0.253 e. The number of piperidine rings is 2. The lowest BCUT2D eigenvalue weighted by molar-refractivity contribution is -0.127. The number of rotatable bonds is 3. The lowest BCUT2D eigenvalue weighted by Gasteiger charge is -2.33. The van der Waals surface area contributed by atoms with Gasteiger partial charge in [0.25, 0.3) is 5.91 Å². The van der Waals surface area contributed by atoms with Crippen molar-refractivity contribution in [1.82, 2.24) is 15.5 Å². The Morgan fingerprint density at radius 2 is 1.83 bits per heavy atom. The Labute approximate surface area is 137 Å². The Morgan fingerprint density at radius 3 is 2.48 bits per heavy atom. The number of carbonyl (C=O) groups excluding carboxylic acids is 2. The van der Waals surface area contributed by atoms with E-state index >= 15 is 0 Å². The summed E-state index contributed by atoms with van der Waals surface area (Å²) >= 11 is 0. The highest BCUT2D eigenvalue weighted by Gasteiger charge is 2.29. The van der Waals surface area contributed by atoms with E-state index in [0.29, 0.717) is 13.1 Å². The number of carbonyl (C=O) groups is 2. The molecule has 1 atom stereocenters. The summed E-state index contributed by atoms with van der Waals surface area (Å²) in [7, 11) is 0. The summed E-state index contributed by atoms with van der Waals surface area (Å²) in [6.07, 6.45) is 3.69. The fraction of sp³-hybridized carbons (Fsp3) is 0.556. The number of amides is 2. The quantitative estimate of drug-likeness (QED) is 0.886. The van der Waals surface area contributed by atoms with Crippen LogP contribution in [0.5, 0.6) is 0 Å². The van der Waals surface area contributed by atoms with Crippen molar-refractivity contribution >= 4 is 11.8 Å². The van der Waals surface area contributed by atoms with Crippen molar-refractivity contribution in [3.8, 4) is 0 Å². The van der Waals surface area contributed by atoms with Crippen LogP contribution in [0.25, 0.3) is 0 Å². The van der Waals surface area contributed by atoms with E-state index in [4.69, 9.17) is 0 Å². The van der Waals surface area contributed by atoms with Gasteiger partial charge >= 0.3 is 0 Å². The summed E-state index contributed by atoms with van der Waals surface area (Å²) in [6.45, 7) is 3.24. The number of hydrogen-bond acceptors (Lipinski definition) is 3. The maximum atomic E-state index is 12.4. The molecule has 0 bridgehead atoms. The highest BCUT2D eigenvalue weighted by atomic mass is 16.2. The predicted molar refractivity (Wildman–Crippen MR) is 89.1 cm³/mol. The van der Waals surface area contributed by atoms with Gasteiger partial charge in [0.05, 0.1) is 0 Å². The predicted octanol–water partition coefficient (Wildman–Crippen LogP) is 1.41. The van der Waals surface area contributed by atoms with Crippen LogP contribution in [0, 0.1) is 5.92 Å². The van der Waals surface area contributed by atoms with Gasteiger partial charge in [-0.1, -0.05) is 18.2 Å². The van der Waals surface area contributed by atoms with Crippen LogP contribution in [0.2, 0.25) is 0 Å². The van der Waals surface area contributed by atoms with Crippen LogP contribution in [0.15, 0.2) is 30.3 Å². The van der Waals surface area contributed by atoms with E-state index in [2.05, 4.69) is 10.6 Å². The first kappa shape index (κ1) is 16.0. The van der Waals surface area contributed by atoms with Gasteiger partial charge in [-0.05, 0) is 44.4 Å². The fourth-order valence-electron chi connectivity index (χ4n) is 3.40. The number of benzene rings is 1. The third-order valence-corrected chi connectivity index (χ3v) is 4.82. The second-order valence-corrected chi connectivity index (χ2v) is 6.48. The Balaban J connectivity index is 1.48. The maximum absolute atomic E-state index is 12.4. The van der Waals surface area contributed by atoms with Gasteiger partial charge in [-0.2, -0.15) is 0 Å². The summed E-state index contributed by atoms with van der Waals surface area (Å²) in [6, 6.07) is 9.62. The SMILES string of the molecule is O=C(NC1CCCNC1)C1CCN(C(=O)c2ccccc2)CC1. The average molecular weight is 315 g/mol. The molecule has 0 aromatic heterocycles. The fourth-order valence-corrected chi connectivity index (χ4v) is 3.40. The molecular weight excluding hydrogens is 290 g/mol. The topological polar surface area (TPSA) is 61.4 Å². The van der Waals surface area contributed by atoms with Crippen molar-refractivity contribution < 1.29 is 9.59 Å². The van der Waals surface area contributed by atoms with Crippen LogP contribution in [0.1, 0.15) is 36.0 Å². The lowest BCUT2D eigenvalue weighted by atomic mass is 9.94. The molecule has 2 aliphatic rings. The van der Waals surface area contributed by atoms with E-state index in [1.807, 2.05) is 35.2 Å². The number of hydrogen-bond donors (Lipinski definition) is 2. The molecule has 23 heavy (non-hydrogen) atoms. The number of likely N-dealkylation sites (tertiary alicyclic amines) is 1. The molecule has 0 saturated carbocycles. The van der Waals surface area contributed by atoms with Gasteiger partial charge in [-0.25, -0.2) is 0 Å². The maximum Gasteiger partial charge on any atom is 0.253 e. The van der Waals surface area contributed by atoms with Gasteiger partial charge in [0.2, 0.25) is 5.91 Å². The Kier molecular flexibility index (Phi) is 5.28. The minimum atomic E-state index is 0.0387. The first-order valence-electron chi connectivity index (χ1n) is 8.59. The van der Waals surface area contributed by atoms with E-state index in [0.717, 1.165) is 44.3 Å². The third kappa shape index (κ3) is 4.10. The van der Waals surface area contributed by atoms with Crippen molar-refractivity contribution in [3.05, 3.63) is 35.9 Å². The number of nitrogens with zero attached hydrogens (tertiary/aromatic N) is 1. The Hall–Kier alpha value is -1.88. The highest BCUT2D eigenvalue weighted by molar-refractivity contribution is 5.94. The summed E-state index contributed by atoms with van der Waals surface area (Å²) in [5.74, 6) is 0.267. The van der Waals surface area contributed by atoms with Gasteiger partial charge in [-0.3, -0.25) is 9.59 Å². The zero-order chi connectivity index (χ0) is 16.1. The van der Waals surface area contributed by atoms with Crippen LogP contribution in [-0.4, -0.2) is 48.9 Å². The third-order valence-electron chi connectivity index (χ3n) is 4.82. The molecule has 1 unspecified atom stereocenters. The van der Waals surface area contributed by atoms with Gasteiger partial charge in [0.15, 0.2) is 0 Å². The molecule has 124 valence electrons. The Bertz CT molecular complexity index is 532. The van der Waals surface area contributed by atoms with Gasteiger partial charge in [-0.15, -0.1) is 0 Å². The van der Waals surface area contributed by atoms with Crippen LogP contribution < -0.4 is 10.6 Å². The van der Waals surface area contributed by atoms with Crippen LogP contribution >= 0.6 is 0 Å². The van der Waals surface area contributed by atoms with Crippen LogP contribution in [-0.2, 0) is 4.79 Å².